The molecular formula is C22H29FN4O2. The normalized spacial score (nSPS) is 15.9. The van der Waals surface area contributed by atoms with Gasteiger partial charge in [-0.3, -0.25) is 4.99 Å². The first-order chi connectivity index (χ1) is 14.1. The number of guanidine groups is 1. The number of anilines is 1. The van der Waals surface area contributed by atoms with Gasteiger partial charge in [-0.15, -0.1) is 0 Å². The fourth-order valence-electron chi connectivity index (χ4n) is 3.41. The minimum atomic E-state index is -0.967. The van der Waals surface area contributed by atoms with Crippen molar-refractivity contribution in [2.75, 3.05) is 51.3 Å². The summed E-state index contributed by atoms with van der Waals surface area (Å²) in [6.45, 7) is 6.21. The molecule has 0 aliphatic carbocycles. The summed E-state index contributed by atoms with van der Waals surface area (Å²) in [5, 5.41) is 13.6. The van der Waals surface area contributed by atoms with Crippen LogP contribution in [0.25, 0.3) is 0 Å². The van der Waals surface area contributed by atoms with E-state index in [2.05, 4.69) is 32.2 Å². The van der Waals surface area contributed by atoms with Gasteiger partial charge in [0.15, 0.2) is 5.96 Å². The van der Waals surface area contributed by atoms with Crippen LogP contribution in [0.3, 0.4) is 0 Å². The third-order valence-corrected chi connectivity index (χ3v) is 5.03. The maximum absolute atomic E-state index is 13.9. The number of benzene rings is 2. The summed E-state index contributed by atoms with van der Waals surface area (Å²) < 4.78 is 19.1. The number of nitrogens with zero attached hydrogens (tertiary/aromatic N) is 3. The molecule has 2 aromatic carbocycles. The van der Waals surface area contributed by atoms with Gasteiger partial charge in [-0.25, -0.2) is 4.39 Å². The van der Waals surface area contributed by atoms with Gasteiger partial charge in [0.2, 0.25) is 0 Å². The molecule has 0 aromatic heterocycles. The molecule has 29 heavy (non-hydrogen) atoms. The van der Waals surface area contributed by atoms with Crippen LogP contribution in [0.1, 0.15) is 18.6 Å². The Balaban J connectivity index is 1.61. The average molecular weight is 400 g/mol. The van der Waals surface area contributed by atoms with E-state index in [0.717, 1.165) is 44.4 Å². The van der Waals surface area contributed by atoms with Gasteiger partial charge in [0.1, 0.15) is 17.7 Å². The van der Waals surface area contributed by atoms with Crippen molar-refractivity contribution in [2.45, 2.75) is 13.0 Å². The Bertz CT molecular complexity index is 805. The summed E-state index contributed by atoms with van der Waals surface area (Å²) in [7, 11) is 1.67. The van der Waals surface area contributed by atoms with Gasteiger partial charge >= 0.3 is 0 Å². The molecule has 1 atom stereocenters. The predicted molar refractivity (Wildman–Crippen MR) is 114 cm³/mol. The van der Waals surface area contributed by atoms with Crippen LogP contribution >= 0.6 is 0 Å². The third-order valence-electron chi connectivity index (χ3n) is 5.03. The molecule has 0 spiro atoms. The lowest BCUT2D eigenvalue weighted by Crippen LogP contribution is -2.52. The van der Waals surface area contributed by atoms with E-state index >= 15 is 0 Å². The molecule has 6 nitrogen and oxygen atoms in total. The van der Waals surface area contributed by atoms with Gasteiger partial charge in [0.25, 0.3) is 0 Å². The minimum Gasteiger partial charge on any atom is -0.497 e. The number of hydrogen-bond acceptors (Lipinski definition) is 4. The van der Waals surface area contributed by atoms with Crippen molar-refractivity contribution in [3.8, 4) is 5.75 Å². The molecule has 156 valence electrons. The van der Waals surface area contributed by atoms with E-state index < -0.39 is 11.9 Å². The van der Waals surface area contributed by atoms with Gasteiger partial charge < -0.3 is 25.0 Å². The SMILES string of the molecule is CCNC(=NCC(O)c1ccccc1F)N1CCN(c2ccc(OC)cc2)CC1. The van der Waals surface area contributed by atoms with Crippen LogP contribution in [-0.2, 0) is 0 Å². The second kappa shape index (κ2) is 10.1. The van der Waals surface area contributed by atoms with Crippen molar-refractivity contribution >= 4 is 11.6 Å². The van der Waals surface area contributed by atoms with Crippen molar-refractivity contribution in [1.82, 2.24) is 10.2 Å². The quantitative estimate of drug-likeness (QED) is 0.577. The van der Waals surface area contributed by atoms with E-state index in [-0.39, 0.29) is 12.1 Å². The Hall–Kier alpha value is -2.80. The Kier molecular flexibility index (Phi) is 7.30. The van der Waals surface area contributed by atoms with Gasteiger partial charge in [-0.1, -0.05) is 18.2 Å². The molecule has 1 aliphatic rings. The molecular weight excluding hydrogens is 371 g/mol. The molecule has 1 unspecified atom stereocenters. The summed E-state index contributed by atoms with van der Waals surface area (Å²) >= 11 is 0. The van der Waals surface area contributed by atoms with E-state index in [1.54, 1.807) is 25.3 Å². The number of ether oxygens (including phenoxy) is 1. The largest absolute Gasteiger partial charge is 0.497 e. The minimum absolute atomic E-state index is 0.113. The first-order valence-corrected chi connectivity index (χ1v) is 9.97. The number of aliphatic hydroxyl groups excluding tert-OH is 1. The second-order valence-corrected chi connectivity index (χ2v) is 6.90. The van der Waals surface area contributed by atoms with Crippen molar-refractivity contribution in [1.29, 1.82) is 0 Å². The van der Waals surface area contributed by atoms with Crippen LogP contribution in [0.4, 0.5) is 10.1 Å². The monoisotopic (exact) mass is 400 g/mol. The van der Waals surface area contributed by atoms with E-state index in [4.69, 9.17) is 4.74 Å². The maximum Gasteiger partial charge on any atom is 0.194 e. The summed E-state index contributed by atoms with van der Waals surface area (Å²) in [6, 6.07) is 14.4. The van der Waals surface area contributed by atoms with Crippen molar-refractivity contribution in [3.63, 3.8) is 0 Å². The van der Waals surface area contributed by atoms with Crippen LogP contribution in [0, 0.1) is 5.82 Å². The highest BCUT2D eigenvalue weighted by Crippen LogP contribution is 2.21. The number of aliphatic hydroxyl groups is 1. The van der Waals surface area contributed by atoms with E-state index in [0.29, 0.717) is 0 Å². The highest BCUT2D eigenvalue weighted by Gasteiger charge is 2.20. The van der Waals surface area contributed by atoms with E-state index in [1.165, 1.54) is 11.8 Å². The number of halogens is 1. The zero-order valence-corrected chi connectivity index (χ0v) is 17.0. The van der Waals surface area contributed by atoms with Crippen LogP contribution < -0.4 is 15.0 Å². The number of rotatable bonds is 6. The van der Waals surface area contributed by atoms with E-state index in [9.17, 15) is 9.50 Å². The summed E-state index contributed by atoms with van der Waals surface area (Å²) in [6.07, 6.45) is -0.967. The summed E-state index contributed by atoms with van der Waals surface area (Å²) in [4.78, 5) is 9.06. The smallest absolute Gasteiger partial charge is 0.194 e. The van der Waals surface area contributed by atoms with Gasteiger partial charge in [-0.2, -0.15) is 0 Å². The fourth-order valence-corrected chi connectivity index (χ4v) is 3.41. The Labute approximate surface area is 171 Å². The number of piperazine rings is 1. The maximum atomic E-state index is 13.9. The molecule has 1 aliphatic heterocycles. The molecule has 1 heterocycles. The molecule has 0 radical (unpaired) electrons. The van der Waals surface area contributed by atoms with Crippen LogP contribution in [0.2, 0.25) is 0 Å². The topological polar surface area (TPSA) is 60.3 Å². The van der Waals surface area contributed by atoms with Crippen LogP contribution in [-0.4, -0.2) is 62.3 Å². The molecule has 1 saturated heterocycles. The highest BCUT2D eigenvalue weighted by molar-refractivity contribution is 5.80. The third kappa shape index (κ3) is 5.38. The van der Waals surface area contributed by atoms with Crippen LogP contribution in [0.15, 0.2) is 53.5 Å². The first kappa shape index (κ1) is 20.9. The first-order valence-electron chi connectivity index (χ1n) is 9.97. The second-order valence-electron chi connectivity index (χ2n) is 6.90. The zero-order valence-electron chi connectivity index (χ0n) is 17.0. The molecule has 3 rings (SSSR count). The Morgan fingerprint density at radius 3 is 2.45 bits per heavy atom. The van der Waals surface area contributed by atoms with E-state index in [1.807, 2.05) is 19.1 Å². The number of aliphatic imine (C=N–C) groups is 1. The molecule has 0 saturated carbocycles. The molecule has 1 fully saturated rings. The Morgan fingerprint density at radius 1 is 1.14 bits per heavy atom. The molecule has 2 aromatic rings. The van der Waals surface area contributed by atoms with Gasteiger partial charge in [0.05, 0.1) is 13.7 Å². The summed E-state index contributed by atoms with van der Waals surface area (Å²) in [5.74, 6) is 1.19. The summed E-state index contributed by atoms with van der Waals surface area (Å²) in [5.41, 5.74) is 1.44. The lowest BCUT2D eigenvalue weighted by atomic mass is 10.1. The average Bonchev–Trinajstić information content (AvgIpc) is 2.77. The standard InChI is InChI=1S/C22H29FN4O2/c1-3-24-22(25-16-21(28)19-6-4-5-7-20(19)23)27-14-12-26(13-15-27)17-8-10-18(29-2)11-9-17/h4-11,21,28H,3,12-16H2,1-2H3,(H,24,25). The predicted octanol–water partition coefficient (Wildman–Crippen LogP) is 2.66. The van der Waals surface area contributed by atoms with Crippen molar-refractivity contribution in [2.24, 2.45) is 4.99 Å². The number of methoxy groups -OCH3 is 1. The molecule has 0 bridgehead atoms. The number of nitrogens with one attached hydrogen (secondary N) is 1. The zero-order chi connectivity index (χ0) is 20.6. The Morgan fingerprint density at radius 2 is 1.83 bits per heavy atom. The van der Waals surface area contributed by atoms with Crippen molar-refractivity contribution < 1.29 is 14.2 Å². The van der Waals surface area contributed by atoms with Gasteiger partial charge in [-0.05, 0) is 37.3 Å². The molecule has 2 N–H and O–H groups in total. The fraction of sp³-hybridized carbons (Fsp3) is 0.409. The number of hydrogen-bond donors (Lipinski definition) is 2. The lowest BCUT2D eigenvalue weighted by molar-refractivity contribution is 0.181. The highest BCUT2D eigenvalue weighted by atomic mass is 19.1. The lowest BCUT2D eigenvalue weighted by Gasteiger charge is -2.37. The molecule has 7 heteroatoms. The van der Waals surface area contributed by atoms with Crippen LogP contribution in [0.5, 0.6) is 5.75 Å². The molecule has 0 amide bonds. The van der Waals surface area contributed by atoms with Crippen molar-refractivity contribution in [3.05, 3.63) is 59.9 Å². The van der Waals surface area contributed by atoms with Gasteiger partial charge in [0, 0.05) is 44.0 Å².